The van der Waals surface area contributed by atoms with Gasteiger partial charge in [0.1, 0.15) is 5.69 Å². The van der Waals surface area contributed by atoms with Crippen molar-refractivity contribution in [2.45, 2.75) is 11.7 Å². The van der Waals surface area contributed by atoms with Crippen molar-refractivity contribution in [3.8, 4) is 0 Å². The number of nitrogens with one attached hydrogen (secondary N) is 1. The third kappa shape index (κ3) is 2.56. The highest BCUT2D eigenvalue weighted by atomic mass is 32.2. The Morgan fingerprint density at radius 2 is 2.11 bits per heavy atom. The number of hydrogen-bond donors (Lipinski definition) is 1. The summed E-state index contributed by atoms with van der Waals surface area (Å²) in [7, 11) is 1.63. The normalized spacial score (nSPS) is 10.3. The standard InChI is InChI=1S/C13H15N3OS/c1-14-12(17)11-8-15-13(18-2)16(11)9-10-6-4-3-5-7-10/h3-8H,9H2,1-2H3,(H,14,17). The molecule has 0 aliphatic heterocycles. The number of amides is 1. The minimum absolute atomic E-state index is 0.112. The van der Waals surface area contributed by atoms with Gasteiger partial charge < -0.3 is 9.88 Å². The van der Waals surface area contributed by atoms with E-state index in [0.29, 0.717) is 12.2 Å². The van der Waals surface area contributed by atoms with Gasteiger partial charge in [-0.2, -0.15) is 0 Å². The van der Waals surface area contributed by atoms with Gasteiger partial charge in [-0.05, 0) is 11.8 Å². The first kappa shape index (κ1) is 12.7. The highest BCUT2D eigenvalue weighted by molar-refractivity contribution is 7.98. The molecule has 1 heterocycles. The molecule has 0 aliphatic rings. The molecule has 0 saturated heterocycles. The lowest BCUT2D eigenvalue weighted by molar-refractivity contribution is 0.0953. The Bertz CT molecular complexity index is 536. The molecule has 1 aromatic heterocycles. The third-order valence-corrected chi connectivity index (χ3v) is 3.34. The molecule has 0 aliphatic carbocycles. The molecule has 94 valence electrons. The molecular formula is C13H15N3OS. The van der Waals surface area contributed by atoms with Crippen LogP contribution in [0.5, 0.6) is 0 Å². The van der Waals surface area contributed by atoms with E-state index in [1.165, 1.54) is 11.8 Å². The second-order valence-electron chi connectivity index (χ2n) is 3.78. The quantitative estimate of drug-likeness (QED) is 0.856. The molecule has 0 unspecified atom stereocenters. The summed E-state index contributed by atoms with van der Waals surface area (Å²) in [5.41, 5.74) is 1.74. The van der Waals surface area contributed by atoms with Gasteiger partial charge in [-0.3, -0.25) is 4.79 Å². The second kappa shape index (κ2) is 5.73. The Morgan fingerprint density at radius 1 is 1.39 bits per heavy atom. The summed E-state index contributed by atoms with van der Waals surface area (Å²) in [6.45, 7) is 0.653. The average molecular weight is 261 g/mol. The Balaban J connectivity index is 2.36. The minimum Gasteiger partial charge on any atom is -0.354 e. The van der Waals surface area contributed by atoms with E-state index in [-0.39, 0.29) is 5.91 Å². The number of nitrogens with zero attached hydrogens (tertiary/aromatic N) is 2. The van der Waals surface area contributed by atoms with Crippen molar-refractivity contribution in [3.05, 3.63) is 47.8 Å². The van der Waals surface area contributed by atoms with Gasteiger partial charge in [0.2, 0.25) is 0 Å². The molecule has 2 rings (SSSR count). The zero-order valence-electron chi connectivity index (χ0n) is 10.4. The zero-order chi connectivity index (χ0) is 13.0. The second-order valence-corrected chi connectivity index (χ2v) is 4.55. The van der Waals surface area contributed by atoms with Crippen molar-refractivity contribution < 1.29 is 4.79 Å². The van der Waals surface area contributed by atoms with Gasteiger partial charge in [0, 0.05) is 7.05 Å². The smallest absolute Gasteiger partial charge is 0.269 e. The van der Waals surface area contributed by atoms with Crippen molar-refractivity contribution >= 4 is 17.7 Å². The maximum atomic E-state index is 11.8. The summed E-state index contributed by atoms with van der Waals surface area (Å²) in [4.78, 5) is 16.0. The van der Waals surface area contributed by atoms with Gasteiger partial charge >= 0.3 is 0 Å². The molecule has 1 aromatic carbocycles. The summed E-state index contributed by atoms with van der Waals surface area (Å²) in [5, 5.41) is 3.48. The average Bonchev–Trinajstić information content (AvgIpc) is 2.82. The number of carbonyl (C=O) groups is 1. The predicted molar refractivity (Wildman–Crippen MR) is 72.9 cm³/mol. The number of thioether (sulfide) groups is 1. The molecule has 1 N–H and O–H groups in total. The molecule has 0 radical (unpaired) electrons. The number of hydrogen-bond acceptors (Lipinski definition) is 3. The SMILES string of the molecule is CNC(=O)c1cnc(SC)n1Cc1ccccc1. The highest BCUT2D eigenvalue weighted by Gasteiger charge is 2.14. The Hall–Kier alpha value is -1.75. The molecule has 0 bridgehead atoms. The lowest BCUT2D eigenvalue weighted by atomic mass is 10.2. The van der Waals surface area contributed by atoms with Crippen molar-refractivity contribution in [2.24, 2.45) is 0 Å². The molecule has 1 amide bonds. The fourth-order valence-electron chi connectivity index (χ4n) is 1.75. The van der Waals surface area contributed by atoms with Gasteiger partial charge in [-0.1, -0.05) is 42.1 Å². The first-order chi connectivity index (χ1) is 8.76. The maximum absolute atomic E-state index is 11.8. The van der Waals surface area contributed by atoms with E-state index in [1.807, 2.05) is 41.2 Å². The van der Waals surface area contributed by atoms with Crippen LogP contribution in [0.1, 0.15) is 16.1 Å². The van der Waals surface area contributed by atoms with Gasteiger partial charge in [-0.15, -0.1) is 0 Å². The van der Waals surface area contributed by atoms with E-state index in [1.54, 1.807) is 13.2 Å². The lowest BCUT2D eigenvalue weighted by Gasteiger charge is -2.10. The van der Waals surface area contributed by atoms with Crippen LogP contribution in [0.15, 0.2) is 41.7 Å². The van der Waals surface area contributed by atoms with E-state index < -0.39 is 0 Å². The van der Waals surface area contributed by atoms with E-state index in [4.69, 9.17) is 0 Å². The molecular weight excluding hydrogens is 246 g/mol. The summed E-state index contributed by atoms with van der Waals surface area (Å²) in [5.74, 6) is -0.112. The Morgan fingerprint density at radius 3 is 2.72 bits per heavy atom. The van der Waals surface area contributed by atoms with Gasteiger partial charge in [0.15, 0.2) is 5.16 Å². The van der Waals surface area contributed by atoms with Crippen molar-refractivity contribution in [2.75, 3.05) is 13.3 Å². The Labute approximate surface area is 110 Å². The fraction of sp³-hybridized carbons (Fsp3) is 0.231. The van der Waals surface area contributed by atoms with E-state index in [0.717, 1.165) is 10.7 Å². The van der Waals surface area contributed by atoms with E-state index in [2.05, 4.69) is 10.3 Å². The number of aromatic nitrogens is 2. The third-order valence-electron chi connectivity index (χ3n) is 2.64. The van der Waals surface area contributed by atoms with E-state index >= 15 is 0 Å². The summed E-state index contributed by atoms with van der Waals surface area (Å²) < 4.78 is 1.93. The van der Waals surface area contributed by atoms with Crippen molar-refractivity contribution in [1.29, 1.82) is 0 Å². The monoisotopic (exact) mass is 261 g/mol. The van der Waals surface area contributed by atoms with Gasteiger partial charge in [0.25, 0.3) is 5.91 Å². The van der Waals surface area contributed by atoms with Gasteiger partial charge in [-0.25, -0.2) is 4.98 Å². The lowest BCUT2D eigenvalue weighted by Crippen LogP contribution is -2.22. The van der Waals surface area contributed by atoms with Crippen LogP contribution in [0.2, 0.25) is 0 Å². The van der Waals surface area contributed by atoms with Crippen LogP contribution in [0.4, 0.5) is 0 Å². The first-order valence-electron chi connectivity index (χ1n) is 5.61. The Kier molecular flexibility index (Phi) is 4.04. The molecule has 18 heavy (non-hydrogen) atoms. The number of carbonyl (C=O) groups excluding carboxylic acids is 1. The van der Waals surface area contributed by atoms with E-state index in [9.17, 15) is 4.79 Å². The maximum Gasteiger partial charge on any atom is 0.269 e. The topological polar surface area (TPSA) is 46.9 Å². The predicted octanol–water partition coefficient (Wildman–Crippen LogP) is 2.01. The van der Waals surface area contributed by atoms with Crippen LogP contribution in [0, 0.1) is 0 Å². The van der Waals surface area contributed by atoms with Crippen LogP contribution in [0.25, 0.3) is 0 Å². The molecule has 5 heteroatoms. The van der Waals surface area contributed by atoms with Crippen molar-refractivity contribution in [1.82, 2.24) is 14.9 Å². The number of benzene rings is 1. The number of imidazole rings is 1. The minimum atomic E-state index is -0.112. The number of rotatable bonds is 4. The summed E-state index contributed by atoms with van der Waals surface area (Å²) in [6.07, 6.45) is 3.57. The molecule has 0 saturated carbocycles. The molecule has 2 aromatic rings. The van der Waals surface area contributed by atoms with Gasteiger partial charge in [0.05, 0.1) is 12.7 Å². The van der Waals surface area contributed by atoms with Crippen LogP contribution >= 0.6 is 11.8 Å². The van der Waals surface area contributed by atoms with Crippen LogP contribution in [-0.2, 0) is 6.54 Å². The molecule has 0 spiro atoms. The zero-order valence-corrected chi connectivity index (χ0v) is 11.2. The van der Waals surface area contributed by atoms with Crippen LogP contribution < -0.4 is 5.32 Å². The summed E-state index contributed by atoms with van der Waals surface area (Å²) >= 11 is 1.54. The van der Waals surface area contributed by atoms with Crippen LogP contribution in [0.3, 0.4) is 0 Å². The molecule has 0 fully saturated rings. The van der Waals surface area contributed by atoms with Crippen molar-refractivity contribution in [3.63, 3.8) is 0 Å². The molecule has 0 atom stereocenters. The molecule has 4 nitrogen and oxygen atoms in total. The largest absolute Gasteiger partial charge is 0.354 e. The highest BCUT2D eigenvalue weighted by Crippen LogP contribution is 2.17. The fourth-order valence-corrected chi connectivity index (χ4v) is 2.29. The first-order valence-corrected chi connectivity index (χ1v) is 6.84. The van der Waals surface area contributed by atoms with Crippen LogP contribution in [-0.4, -0.2) is 28.8 Å². The summed E-state index contributed by atoms with van der Waals surface area (Å²) in [6, 6.07) is 10.0.